The lowest BCUT2D eigenvalue weighted by molar-refractivity contribution is -0.115. The third-order valence-corrected chi connectivity index (χ3v) is 5.64. The van der Waals surface area contributed by atoms with Gasteiger partial charge in [0, 0.05) is 22.8 Å². The number of anilines is 1. The summed E-state index contributed by atoms with van der Waals surface area (Å²) in [5.74, 6) is 0.311. The van der Waals surface area contributed by atoms with E-state index in [9.17, 15) is 10.1 Å². The smallest absolute Gasteiger partial charge is 0.225 e. The summed E-state index contributed by atoms with van der Waals surface area (Å²) in [4.78, 5) is 16.8. The van der Waals surface area contributed by atoms with Gasteiger partial charge in [0.2, 0.25) is 5.91 Å². The van der Waals surface area contributed by atoms with Gasteiger partial charge in [-0.05, 0) is 37.3 Å². The zero-order chi connectivity index (χ0) is 20.8. The highest BCUT2D eigenvalue weighted by Gasteiger charge is 2.11. The standard InChI is InChI=1S/C22H17Cl2N3OS/c1-14-2-4-15(5-3-14)19-8-6-16(13-25)22(27-19)29-11-10-21(28)26-20-9-7-17(23)12-18(20)24/h2-9,12H,10-11H2,1H3,(H,26,28). The second-order valence-electron chi connectivity index (χ2n) is 6.30. The van der Waals surface area contributed by atoms with Crippen LogP contribution >= 0.6 is 35.0 Å². The molecular formula is C22H17Cl2N3OS. The third-order valence-electron chi connectivity index (χ3n) is 4.10. The molecule has 0 fully saturated rings. The van der Waals surface area contributed by atoms with Gasteiger partial charge in [0.05, 0.1) is 22.0 Å². The summed E-state index contributed by atoms with van der Waals surface area (Å²) in [7, 11) is 0. The number of thioether (sulfide) groups is 1. The summed E-state index contributed by atoms with van der Waals surface area (Å²) in [5.41, 5.74) is 3.96. The highest BCUT2D eigenvalue weighted by atomic mass is 35.5. The van der Waals surface area contributed by atoms with Crippen LogP contribution in [-0.4, -0.2) is 16.6 Å². The Morgan fingerprint density at radius 1 is 1.14 bits per heavy atom. The van der Waals surface area contributed by atoms with Gasteiger partial charge in [-0.1, -0.05) is 53.0 Å². The molecule has 146 valence electrons. The Hall–Kier alpha value is -2.52. The first-order chi connectivity index (χ1) is 14.0. The Labute approximate surface area is 183 Å². The van der Waals surface area contributed by atoms with Crippen LogP contribution in [0.2, 0.25) is 10.0 Å². The number of nitrogens with one attached hydrogen (secondary N) is 1. The van der Waals surface area contributed by atoms with Crippen molar-refractivity contribution in [2.45, 2.75) is 18.4 Å². The minimum Gasteiger partial charge on any atom is -0.325 e. The number of pyridine rings is 1. The Bertz CT molecular complexity index is 1080. The van der Waals surface area contributed by atoms with Crippen LogP contribution in [0.1, 0.15) is 17.5 Å². The maximum Gasteiger partial charge on any atom is 0.225 e. The summed E-state index contributed by atoms with van der Waals surface area (Å²) < 4.78 is 0. The Morgan fingerprint density at radius 3 is 2.59 bits per heavy atom. The summed E-state index contributed by atoms with van der Waals surface area (Å²) in [6.45, 7) is 2.03. The largest absolute Gasteiger partial charge is 0.325 e. The molecule has 0 bridgehead atoms. The van der Waals surface area contributed by atoms with E-state index in [4.69, 9.17) is 23.2 Å². The van der Waals surface area contributed by atoms with Crippen LogP contribution in [0.25, 0.3) is 11.3 Å². The summed E-state index contributed by atoms with van der Waals surface area (Å²) in [6, 6.07) is 18.7. The van der Waals surface area contributed by atoms with Crippen molar-refractivity contribution in [1.82, 2.24) is 4.98 Å². The molecule has 0 spiro atoms. The van der Waals surface area contributed by atoms with E-state index in [-0.39, 0.29) is 12.3 Å². The number of carbonyl (C=O) groups is 1. The van der Waals surface area contributed by atoms with E-state index >= 15 is 0 Å². The van der Waals surface area contributed by atoms with Crippen molar-refractivity contribution < 1.29 is 4.79 Å². The van der Waals surface area contributed by atoms with Crippen LogP contribution in [0, 0.1) is 18.3 Å². The lowest BCUT2D eigenvalue weighted by atomic mass is 10.1. The summed E-state index contributed by atoms with van der Waals surface area (Å²) in [6.07, 6.45) is 0.255. The highest BCUT2D eigenvalue weighted by Crippen LogP contribution is 2.27. The molecule has 0 radical (unpaired) electrons. The molecule has 4 nitrogen and oxygen atoms in total. The molecular weight excluding hydrogens is 425 g/mol. The number of hydrogen-bond donors (Lipinski definition) is 1. The van der Waals surface area contributed by atoms with E-state index < -0.39 is 0 Å². The highest BCUT2D eigenvalue weighted by molar-refractivity contribution is 7.99. The lowest BCUT2D eigenvalue weighted by Gasteiger charge is -2.09. The number of rotatable bonds is 6. The molecule has 1 heterocycles. The van der Waals surface area contributed by atoms with Crippen LogP contribution in [0.4, 0.5) is 5.69 Å². The fraction of sp³-hybridized carbons (Fsp3) is 0.136. The van der Waals surface area contributed by atoms with Crippen LogP contribution in [0.5, 0.6) is 0 Å². The van der Waals surface area contributed by atoms with Gasteiger partial charge >= 0.3 is 0 Å². The number of carbonyl (C=O) groups excluding carboxylic acids is 1. The predicted molar refractivity (Wildman–Crippen MR) is 120 cm³/mol. The van der Waals surface area contributed by atoms with Crippen LogP contribution in [0.15, 0.2) is 59.6 Å². The monoisotopic (exact) mass is 441 g/mol. The molecule has 29 heavy (non-hydrogen) atoms. The van der Waals surface area contributed by atoms with Gasteiger partial charge in [0.1, 0.15) is 11.1 Å². The van der Waals surface area contributed by atoms with Crippen LogP contribution in [-0.2, 0) is 4.79 Å². The van der Waals surface area contributed by atoms with Crippen molar-refractivity contribution in [2.75, 3.05) is 11.1 Å². The number of hydrogen-bond acceptors (Lipinski definition) is 4. The fourth-order valence-electron chi connectivity index (χ4n) is 2.56. The van der Waals surface area contributed by atoms with Gasteiger partial charge in [0.15, 0.2) is 0 Å². The number of aromatic nitrogens is 1. The summed E-state index contributed by atoms with van der Waals surface area (Å²) in [5, 5.41) is 13.6. The van der Waals surface area contributed by atoms with E-state index in [2.05, 4.69) is 16.4 Å². The van der Waals surface area contributed by atoms with Gasteiger partial charge in [-0.2, -0.15) is 5.26 Å². The summed E-state index contributed by atoms with van der Waals surface area (Å²) >= 11 is 13.3. The minimum absolute atomic E-state index is 0.171. The van der Waals surface area contributed by atoms with Crippen molar-refractivity contribution in [3.8, 4) is 17.3 Å². The van der Waals surface area contributed by atoms with E-state index in [1.807, 2.05) is 37.3 Å². The average molecular weight is 442 g/mol. The number of nitrogens with zero attached hydrogens (tertiary/aromatic N) is 2. The van der Waals surface area contributed by atoms with E-state index in [1.165, 1.54) is 17.3 Å². The first-order valence-electron chi connectivity index (χ1n) is 8.82. The van der Waals surface area contributed by atoms with E-state index in [1.54, 1.807) is 24.3 Å². The Morgan fingerprint density at radius 2 is 1.90 bits per heavy atom. The van der Waals surface area contributed by atoms with Gasteiger partial charge in [0.25, 0.3) is 0 Å². The normalized spacial score (nSPS) is 10.4. The molecule has 7 heteroatoms. The zero-order valence-electron chi connectivity index (χ0n) is 15.6. The number of halogens is 2. The molecule has 0 atom stereocenters. The minimum atomic E-state index is -0.171. The molecule has 2 aromatic carbocycles. The molecule has 0 aliphatic carbocycles. The maximum absolute atomic E-state index is 12.2. The molecule has 3 aromatic rings. The van der Waals surface area contributed by atoms with E-state index in [0.717, 1.165) is 11.3 Å². The first-order valence-corrected chi connectivity index (χ1v) is 10.6. The average Bonchev–Trinajstić information content (AvgIpc) is 2.70. The van der Waals surface area contributed by atoms with Crippen molar-refractivity contribution in [3.63, 3.8) is 0 Å². The molecule has 0 saturated carbocycles. The topological polar surface area (TPSA) is 65.8 Å². The quantitative estimate of drug-likeness (QED) is 0.452. The predicted octanol–water partition coefficient (Wildman–Crippen LogP) is 6.36. The molecule has 3 rings (SSSR count). The number of amides is 1. The van der Waals surface area contributed by atoms with Gasteiger partial charge in [-0.3, -0.25) is 4.79 Å². The van der Waals surface area contributed by atoms with Crippen LogP contribution in [0.3, 0.4) is 0 Å². The van der Waals surface area contributed by atoms with Crippen LogP contribution < -0.4 is 5.32 Å². The maximum atomic E-state index is 12.2. The fourth-order valence-corrected chi connectivity index (χ4v) is 3.93. The number of benzene rings is 2. The van der Waals surface area contributed by atoms with Crippen molar-refractivity contribution in [3.05, 3.63) is 75.8 Å². The first kappa shape index (κ1) is 21.2. The van der Waals surface area contributed by atoms with Crippen molar-refractivity contribution >= 4 is 46.6 Å². The molecule has 1 N–H and O–H groups in total. The van der Waals surface area contributed by atoms with Crippen molar-refractivity contribution in [1.29, 1.82) is 5.26 Å². The molecule has 0 aliphatic heterocycles. The number of aryl methyl sites for hydroxylation is 1. The molecule has 1 aromatic heterocycles. The molecule has 0 aliphatic rings. The van der Waals surface area contributed by atoms with Gasteiger partial charge < -0.3 is 5.32 Å². The lowest BCUT2D eigenvalue weighted by Crippen LogP contribution is -2.12. The molecule has 1 amide bonds. The zero-order valence-corrected chi connectivity index (χ0v) is 17.9. The Balaban J connectivity index is 1.65. The molecule has 0 saturated heterocycles. The second-order valence-corrected chi connectivity index (χ2v) is 8.23. The third kappa shape index (κ3) is 5.74. The SMILES string of the molecule is Cc1ccc(-c2ccc(C#N)c(SCCC(=O)Nc3ccc(Cl)cc3Cl)n2)cc1. The van der Waals surface area contributed by atoms with Gasteiger partial charge in [-0.15, -0.1) is 11.8 Å². The van der Waals surface area contributed by atoms with Crippen molar-refractivity contribution in [2.24, 2.45) is 0 Å². The number of nitriles is 1. The Kier molecular flexibility index (Phi) is 7.16. The second kappa shape index (κ2) is 9.80. The molecule has 0 unspecified atom stereocenters. The van der Waals surface area contributed by atoms with Gasteiger partial charge in [-0.25, -0.2) is 4.98 Å². The van der Waals surface area contributed by atoms with E-state index in [0.29, 0.717) is 32.1 Å².